The molecule has 0 aromatic heterocycles. The topological polar surface area (TPSA) is 91.2 Å². The fourth-order valence-corrected chi connectivity index (χ4v) is 4.85. The number of sulfonamides is 1. The number of nitrogens with zero attached hydrogens (tertiary/aromatic N) is 3. The Labute approximate surface area is 171 Å². The first-order valence-corrected chi connectivity index (χ1v) is 11.4. The van der Waals surface area contributed by atoms with Crippen LogP contribution in [0.5, 0.6) is 0 Å². The zero-order chi connectivity index (χ0) is 20.7. The number of benzene rings is 2. The van der Waals surface area contributed by atoms with Gasteiger partial charge in [0.2, 0.25) is 15.9 Å². The van der Waals surface area contributed by atoms with E-state index in [1.807, 2.05) is 37.3 Å². The second kappa shape index (κ2) is 9.76. The quantitative estimate of drug-likeness (QED) is 0.677. The number of carbonyl (C=O) groups excluding carboxylic acids is 1. The highest BCUT2D eigenvalue weighted by Crippen LogP contribution is 2.23. The van der Waals surface area contributed by atoms with Gasteiger partial charge in [0.1, 0.15) is 0 Å². The van der Waals surface area contributed by atoms with E-state index >= 15 is 0 Å². The minimum absolute atomic E-state index is 0.125. The number of rotatable bonds is 7. The second-order valence-corrected chi connectivity index (χ2v) is 9.17. The maximum Gasteiger partial charge on any atom is 0.228 e. The number of piperidine rings is 1. The van der Waals surface area contributed by atoms with Crippen LogP contribution in [0.4, 0.5) is 17.1 Å². The molecule has 0 aliphatic carbocycles. The average molecular weight is 415 g/mol. The molecule has 1 fully saturated rings. The van der Waals surface area contributed by atoms with Crippen LogP contribution in [-0.4, -0.2) is 37.5 Å². The summed E-state index contributed by atoms with van der Waals surface area (Å²) < 4.78 is 26.0. The summed E-state index contributed by atoms with van der Waals surface area (Å²) in [5, 5.41) is 11.2. The minimum atomic E-state index is -3.28. The van der Waals surface area contributed by atoms with E-state index in [0.717, 1.165) is 5.69 Å². The summed E-state index contributed by atoms with van der Waals surface area (Å²) >= 11 is 0. The van der Waals surface area contributed by atoms with Gasteiger partial charge in [-0.15, -0.1) is 0 Å². The molecule has 3 rings (SSSR count). The van der Waals surface area contributed by atoms with E-state index in [4.69, 9.17) is 0 Å². The Balaban J connectivity index is 1.58. The zero-order valence-electron chi connectivity index (χ0n) is 16.5. The van der Waals surface area contributed by atoms with Gasteiger partial charge in [-0.1, -0.05) is 25.1 Å². The first-order chi connectivity index (χ1) is 14.0. The maximum absolute atomic E-state index is 12.6. The average Bonchev–Trinajstić information content (AvgIpc) is 2.74. The van der Waals surface area contributed by atoms with Crippen LogP contribution in [0.25, 0.3) is 0 Å². The third kappa shape index (κ3) is 5.95. The Morgan fingerprint density at radius 1 is 1.07 bits per heavy atom. The van der Waals surface area contributed by atoms with Crippen LogP contribution in [0.2, 0.25) is 0 Å². The molecule has 8 heteroatoms. The largest absolute Gasteiger partial charge is 0.326 e. The van der Waals surface area contributed by atoms with Crippen molar-refractivity contribution in [3.8, 4) is 0 Å². The number of amides is 1. The van der Waals surface area contributed by atoms with Gasteiger partial charge in [0.15, 0.2) is 0 Å². The highest BCUT2D eigenvalue weighted by atomic mass is 32.2. The number of hydrogen-bond acceptors (Lipinski definition) is 5. The number of azo groups is 1. The first kappa shape index (κ1) is 21.1. The van der Waals surface area contributed by atoms with Crippen LogP contribution >= 0.6 is 0 Å². The highest BCUT2D eigenvalue weighted by molar-refractivity contribution is 7.89. The van der Waals surface area contributed by atoms with Crippen molar-refractivity contribution in [2.45, 2.75) is 26.2 Å². The molecule has 1 amide bonds. The van der Waals surface area contributed by atoms with Crippen LogP contribution in [-0.2, 0) is 14.8 Å². The van der Waals surface area contributed by atoms with Gasteiger partial charge in [0, 0.05) is 18.8 Å². The van der Waals surface area contributed by atoms with Gasteiger partial charge in [-0.25, -0.2) is 12.7 Å². The normalized spacial score (nSPS) is 18.0. The predicted molar refractivity (Wildman–Crippen MR) is 114 cm³/mol. The van der Waals surface area contributed by atoms with Crippen LogP contribution in [0.3, 0.4) is 0 Å². The molecule has 2 aromatic rings. The third-order valence-electron chi connectivity index (χ3n) is 4.78. The molecule has 1 heterocycles. The van der Waals surface area contributed by atoms with Gasteiger partial charge in [-0.2, -0.15) is 10.2 Å². The van der Waals surface area contributed by atoms with E-state index in [2.05, 4.69) is 15.5 Å². The summed E-state index contributed by atoms with van der Waals surface area (Å²) in [5.74, 6) is -0.367. The number of carbonyl (C=O) groups is 1. The molecule has 1 unspecified atom stereocenters. The molecule has 0 saturated carbocycles. The first-order valence-electron chi connectivity index (χ1n) is 9.83. The summed E-state index contributed by atoms with van der Waals surface area (Å²) in [6.45, 7) is 2.58. The Hall–Kier alpha value is -2.58. The van der Waals surface area contributed by atoms with Gasteiger partial charge in [-0.05, 0) is 55.7 Å². The molecule has 0 radical (unpaired) electrons. The molecule has 1 atom stereocenters. The van der Waals surface area contributed by atoms with E-state index in [-0.39, 0.29) is 24.1 Å². The van der Waals surface area contributed by atoms with Crippen LogP contribution in [0, 0.1) is 5.92 Å². The van der Waals surface area contributed by atoms with E-state index in [0.29, 0.717) is 37.2 Å². The smallest absolute Gasteiger partial charge is 0.228 e. The molecular formula is C21H26N4O3S. The Kier molecular flexibility index (Phi) is 7.11. The SMILES string of the molecule is CCCS(=O)(=O)N1CCCC(C(=O)Nc2ccc(N=Nc3ccccc3)cc2)C1. The summed E-state index contributed by atoms with van der Waals surface area (Å²) in [7, 11) is -3.28. The Bertz CT molecular complexity index is 944. The van der Waals surface area contributed by atoms with Crippen LogP contribution in [0.15, 0.2) is 64.8 Å². The summed E-state index contributed by atoms with van der Waals surface area (Å²) in [5.41, 5.74) is 2.10. The van der Waals surface area contributed by atoms with Crippen LogP contribution < -0.4 is 5.32 Å². The van der Waals surface area contributed by atoms with Crippen molar-refractivity contribution in [2.75, 3.05) is 24.2 Å². The lowest BCUT2D eigenvalue weighted by Crippen LogP contribution is -2.44. The lowest BCUT2D eigenvalue weighted by atomic mass is 9.98. The summed E-state index contributed by atoms with van der Waals surface area (Å²) in [4.78, 5) is 12.6. The lowest BCUT2D eigenvalue weighted by Gasteiger charge is -2.31. The fraction of sp³-hybridized carbons (Fsp3) is 0.381. The second-order valence-electron chi connectivity index (χ2n) is 7.08. The minimum Gasteiger partial charge on any atom is -0.326 e. The number of anilines is 1. The van der Waals surface area contributed by atoms with Crippen LogP contribution in [0.1, 0.15) is 26.2 Å². The van der Waals surface area contributed by atoms with Crippen molar-refractivity contribution in [3.05, 3.63) is 54.6 Å². The summed E-state index contributed by atoms with van der Waals surface area (Å²) in [6, 6.07) is 16.5. The third-order valence-corrected chi connectivity index (χ3v) is 6.82. The molecule has 1 aliphatic heterocycles. The fourth-order valence-electron chi connectivity index (χ4n) is 3.26. The number of hydrogen-bond donors (Lipinski definition) is 1. The monoisotopic (exact) mass is 414 g/mol. The van der Waals surface area contributed by atoms with Crippen molar-refractivity contribution in [2.24, 2.45) is 16.1 Å². The Morgan fingerprint density at radius 2 is 1.72 bits per heavy atom. The molecule has 1 saturated heterocycles. The van der Waals surface area contributed by atoms with Crippen molar-refractivity contribution in [1.82, 2.24) is 4.31 Å². The molecule has 154 valence electrons. The van der Waals surface area contributed by atoms with E-state index in [1.54, 1.807) is 24.3 Å². The van der Waals surface area contributed by atoms with E-state index in [9.17, 15) is 13.2 Å². The van der Waals surface area contributed by atoms with Crippen molar-refractivity contribution < 1.29 is 13.2 Å². The van der Waals surface area contributed by atoms with Crippen molar-refractivity contribution >= 4 is 33.0 Å². The standard InChI is InChI=1S/C21H26N4O3S/c1-2-15-29(27,28)25-14-6-7-17(16-25)21(26)22-18-10-12-20(13-11-18)24-23-19-8-4-3-5-9-19/h3-5,8-13,17H,2,6-7,14-16H2,1H3,(H,22,26). The molecule has 2 aromatic carbocycles. The van der Waals surface area contributed by atoms with E-state index < -0.39 is 10.0 Å². The van der Waals surface area contributed by atoms with Gasteiger partial charge in [-0.3, -0.25) is 4.79 Å². The van der Waals surface area contributed by atoms with Crippen molar-refractivity contribution in [3.63, 3.8) is 0 Å². The molecular weight excluding hydrogens is 388 g/mol. The maximum atomic E-state index is 12.6. The molecule has 29 heavy (non-hydrogen) atoms. The van der Waals surface area contributed by atoms with Gasteiger partial charge >= 0.3 is 0 Å². The Morgan fingerprint density at radius 3 is 2.38 bits per heavy atom. The van der Waals surface area contributed by atoms with E-state index in [1.165, 1.54) is 4.31 Å². The van der Waals surface area contributed by atoms with Gasteiger partial charge in [0.25, 0.3) is 0 Å². The molecule has 1 aliphatic rings. The van der Waals surface area contributed by atoms with Crippen molar-refractivity contribution in [1.29, 1.82) is 0 Å². The van der Waals surface area contributed by atoms with Gasteiger partial charge < -0.3 is 5.32 Å². The molecule has 1 N–H and O–H groups in total. The summed E-state index contributed by atoms with van der Waals surface area (Å²) in [6.07, 6.45) is 1.96. The zero-order valence-corrected chi connectivity index (χ0v) is 17.3. The predicted octanol–water partition coefficient (Wildman–Crippen LogP) is 4.49. The molecule has 0 spiro atoms. The van der Waals surface area contributed by atoms with Gasteiger partial charge in [0.05, 0.1) is 23.0 Å². The highest BCUT2D eigenvalue weighted by Gasteiger charge is 2.31. The lowest BCUT2D eigenvalue weighted by molar-refractivity contribution is -0.120. The molecule has 7 nitrogen and oxygen atoms in total. The molecule has 0 bridgehead atoms. The number of nitrogens with one attached hydrogen (secondary N) is 1.